The predicted molar refractivity (Wildman–Crippen MR) is 73.6 cm³/mol. The first-order chi connectivity index (χ1) is 7.16. The number of nitrogen functional groups attached to an aromatic ring is 1. The summed E-state index contributed by atoms with van der Waals surface area (Å²) < 4.78 is 0. The second-order valence-electron chi connectivity index (χ2n) is 3.25. The van der Waals surface area contributed by atoms with Crippen LogP contribution in [0.5, 0.6) is 0 Å². The van der Waals surface area contributed by atoms with Crippen LogP contribution in [0.1, 0.15) is 0 Å². The molecule has 0 aromatic heterocycles. The van der Waals surface area contributed by atoms with Crippen molar-refractivity contribution in [2.75, 3.05) is 5.73 Å². The van der Waals surface area contributed by atoms with Crippen molar-refractivity contribution in [3.8, 4) is 11.1 Å². The van der Waals surface area contributed by atoms with Crippen LogP contribution in [0, 0.1) is 0 Å². The zero-order valence-corrected chi connectivity index (χ0v) is 10.6. The van der Waals surface area contributed by atoms with E-state index in [1.165, 1.54) is 0 Å². The fourth-order valence-corrected chi connectivity index (χ4v) is 1.65. The van der Waals surface area contributed by atoms with Crippen molar-refractivity contribution in [2.45, 2.75) is 0 Å². The van der Waals surface area contributed by atoms with Gasteiger partial charge in [0.25, 0.3) is 0 Å². The number of halogens is 3. The lowest BCUT2D eigenvalue weighted by atomic mass is 10.1. The van der Waals surface area contributed by atoms with Gasteiger partial charge in [0.1, 0.15) is 0 Å². The molecule has 0 radical (unpaired) electrons. The Labute approximate surface area is 111 Å². The first kappa shape index (κ1) is 13.2. The topological polar surface area (TPSA) is 26.0 Å². The second kappa shape index (κ2) is 5.44. The molecular formula is C12H10Cl3N. The summed E-state index contributed by atoms with van der Waals surface area (Å²) >= 11 is 11.8. The number of rotatable bonds is 1. The quantitative estimate of drug-likeness (QED) is 0.752. The molecule has 2 rings (SSSR count). The zero-order valence-electron chi connectivity index (χ0n) is 8.28. The van der Waals surface area contributed by atoms with Gasteiger partial charge < -0.3 is 5.73 Å². The van der Waals surface area contributed by atoms with E-state index in [9.17, 15) is 0 Å². The molecule has 16 heavy (non-hydrogen) atoms. The van der Waals surface area contributed by atoms with Crippen molar-refractivity contribution in [3.63, 3.8) is 0 Å². The third-order valence-electron chi connectivity index (χ3n) is 2.16. The van der Waals surface area contributed by atoms with Crippen molar-refractivity contribution in [3.05, 3.63) is 52.5 Å². The van der Waals surface area contributed by atoms with Gasteiger partial charge in [-0.15, -0.1) is 12.4 Å². The van der Waals surface area contributed by atoms with Crippen LogP contribution in [0.15, 0.2) is 42.5 Å². The molecule has 0 saturated carbocycles. The van der Waals surface area contributed by atoms with Crippen LogP contribution in [0.4, 0.5) is 5.69 Å². The Morgan fingerprint density at radius 3 is 1.88 bits per heavy atom. The van der Waals surface area contributed by atoms with E-state index in [1.54, 1.807) is 6.07 Å². The molecule has 0 aliphatic carbocycles. The van der Waals surface area contributed by atoms with E-state index in [2.05, 4.69) is 0 Å². The van der Waals surface area contributed by atoms with E-state index in [-0.39, 0.29) is 12.4 Å². The molecule has 4 heteroatoms. The Bertz CT molecular complexity index is 480. The lowest BCUT2D eigenvalue weighted by Gasteiger charge is -2.03. The smallest absolute Gasteiger partial charge is 0.0598 e. The standard InChI is InChI=1S/C12H9Cl2N.ClH/c13-11-6-3-9(7-12(11)14)8-1-4-10(15)5-2-8;/h1-7H,15H2;1H. The minimum absolute atomic E-state index is 0. The van der Waals surface area contributed by atoms with Crippen LogP contribution in [0.25, 0.3) is 11.1 Å². The van der Waals surface area contributed by atoms with E-state index in [1.807, 2.05) is 36.4 Å². The van der Waals surface area contributed by atoms with Crippen molar-refractivity contribution in [1.29, 1.82) is 0 Å². The van der Waals surface area contributed by atoms with Gasteiger partial charge in [-0.3, -0.25) is 0 Å². The van der Waals surface area contributed by atoms with Gasteiger partial charge in [-0.1, -0.05) is 41.4 Å². The average Bonchev–Trinajstić information content (AvgIpc) is 2.23. The van der Waals surface area contributed by atoms with Gasteiger partial charge in [0.15, 0.2) is 0 Å². The van der Waals surface area contributed by atoms with Gasteiger partial charge in [0.2, 0.25) is 0 Å². The number of hydrogen-bond acceptors (Lipinski definition) is 1. The molecule has 0 amide bonds. The summed E-state index contributed by atoms with van der Waals surface area (Å²) in [6.07, 6.45) is 0. The maximum absolute atomic E-state index is 5.94. The SMILES string of the molecule is Cl.Nc1ccc(-c2ccc(Cl)c(Cl)c2)cc1. The summed E-state index contributed by atoms with van der Waals surface area (Å²) in [7, 11) is 0. The van der Waals surface area contributed by atoms with Gasteiger partial charge in [-0.2, -0.15) is 0 Å². The summed E-state index contributed by atoms with van der Waals surface area (Å²) in [6.45, 7) is 0. The average molecular weight is 275 g/mol. The van der Waals surface area contributed by atoms with E-state index in [0.29, 0.717) is 10.0 Å². The highest BCUT2D eigenvalue weighted by atomic mass is 35.5. The van der Waals surface area contributed by atoms with Crippen LogP contribution in [0.3, 0.4) is 0 Å². The Morgan fingerprint density at radius 2 is 1.31 bits per heavy atom. The number of benzene rings is 2. The number of nitrogens with two attached hydrogens (primary N) is 1. The predicted octanol–water partition coefficient (Wildman–Crippen LogP) is 4.66. The molecule has 2 N–H and O–H groups in total. The Balaban J connectivity index is 0.00000128. The van der Waals surface area contributed by atoms with Crippen molar-refractivity contribution >= 4 is 41.3 Å². The van der Waals surface area contributed by atoms with E-state index in [4.69, 9.17) is 28.9 Å². The molecule has 0 bridgehead atoms. The highest BCUT2D eigenvalue weighted by Gasteiger charge is 2.01. The van der Waals surface area contributed by atoms with Crippen LogP contribution < -0.4 is 5.73 Å². The minimum Gasteiger partial charge on any atom is -0.399 e. The second-order valence-corrected chi connectivity index (χ2v) is 4.07. The van der Waals surface area contributed by atoms with Crippen molar-refractivity contribution in [1.82, 2.24) is 0 Å². The summed E-state index contributed by atoms with van der Waals surface area (Å²) in [5.74, 6) is 0. The summed E-state index contributed by atoms with van der Waals surface area (Å²) in [4.78, 5) is 0. The molecule has 2 aromatic rings. The summed E-state index contributed by atoms with van der Waals surface area (Å²) in [5, 5.41) is 1.13. The molecule has 1 nitrogen and oxygen atoms in total. The third-order valence-corrected chi connectivity index (χ3v) is 2.90. The Kier molecular flexibility index (Phi) is 4.48. The van der Waals surface area contributed by atoms with Crippen LogP contribution >= 0.6 is 35.6 Å². The maximum Gasteiger partial charge on any atom is 0.0598 e. The molecule has 84 valence electrons. The molecule has 0 aliphatic rings. The van der Waals surface area contributed by atoms with Gasteiger partial charge in [-0.25, -0.2) is 0 Å². The minimum atomic E-state index is 0. The monoisotopic (exact) mass is 273 g/mol. The fourth-order valence-electron chi connectivity index (χ4n) is 1.35. The summed E-state index contributed by atoms with van der Waals surface area (Å²) in [6, 6.07) is 13.2. The van der Waals surface area contributed by atoms with Gasteiger partial charge in [0.05, 0.1) is 10.0 Å². The number of hydrogen-bond donors (Lipinski definition) is 1. The van der Waals surface area contributed by atoms with Crippen LogP contribution in [-0.2, 0) is 0 Å². The molecule has 0 unspecified atom stereocenters. The molecule has 0 fully saturated rings. The lowest BCUT2D eigenvalue weighted by molar-refractivity contribution is 1.61. The molecule has 0 aliphatic heterocycles. The van der Waals surface area contributed by atoms with Crippen molar-refractivity contribution in [2.24, 2.45) is 0 Å². The van der Waals surface area contributed by atoms with Gasteiger partial charge in [0, 0.05) is 5.69 Å². The van der Waals surface area contributed by atoms with E-state index < -0.39 is 0 Å². The largest absolute Gasteiger partial charge is 0.399 e. The highest BCUT2D eigenvalue weighted by molar-refractivity contribution is 6.42. The van der Waals surface area contributed by atoms with Crippen LogP contribution in [0.2, 0.25) is 10.0 Å². The molecule has 0 heterocycles. The highest BCUT2D eigenvalue weighted by Crippen LogP contribution is 2.28. The summed E-state index contributed by atoms with van der Waals surface area (Å²) in [5.41, 5.74) is 8.46. The Hall–Kier alpha value is -0.890. The van der Waals surface area contributed by atoms with Gasteiger partial charge in [-0.05, 0) is 35.4 Å². The zero-order chi connectivity index (χ0) is 10.8. The molecule has 0 saturated heterocycles. The van der Waals surface area contributed by atoms with E-state index in [0.717, 1.165) is 16.8 Å². The molecule has 0 spiro atoms. The maximum atomic E-state index is 5.94. The molecule has 0 atom stereocenters. The third kappa shape index (κ3) is 2.82. The fraction of sp³-hybridized carbons (Fsp3) is 0. The molecule has 2 aromatic carbocycles. The first-order valence-corrected chi connectivity index (χ1v) is 5.23. The first-order valence-electron chi connectivity index (χ1n) is 4.48. The normalized spacial score (nSPS) is 9.62. The molecular weight excluding hydrogens is 264 g/mol. The lowest BCUT2D eigenvalue weighted by Crippen LogP contribution is -1.84. The van der Waals surface area contributed by atoms with E-state index >= 15 is 0 Å². The number of anilines is 1. The van der Waals surface area contributed by atoms with Gasteiger partial charge >= 0.3 is 0 Å². The Morgan fingerprint density at radius 1 is 0.750 bits per heavy atom. The van der Waals surface area contributed by atoms with Crippen molar-refractivity contribution < 1.29 is 0 Å². The van der Waals surface area contributed by atoms with Crippen LogP contribution in [-0.4, -0.2) is 0 Å².